The third kappa shape index (κ3) is 3.59. The average Bonchev–Trinajstić information content (AvgIpc) is 3.45. The highest BCUT2D eigenvalue weighted by atomic mass is 32.2. The smallest absolute Gasteiger partial charge is 0.276 e. The van der Waals surface area contributed by atoms with Gasteiger partial charge in [0.2, 0.25) is 15.0 Å². The van der Waals surface area contributed by atoms with Crippen molar-refractivity contribution in [2.24, 2.45) is 0 Å². The Bertz CT molecular complexity index is 1440. The minimum atomic E-state index is -3.61. The number of halogens is 2. The molecule has 5 rings (SSSR count). The Labute approximate surface area is 185 Å². The standard InChI is InChI=1S/C21H14F2N4O3S2/c22-14-5-1-12(2-6-14)16-11-31-20(24-16)26-19(28)18-17(13-3-7-15(23)8-4-13)25-21-27(18)9-10-32(21,29)30/h1-8,11H,9-10H2,(H,24,26,28). The highest BCUT2D eigenvalue weighted by Crippen LogP contribution is 2.32. The molecule has 0 unspecified atom stereocenters. The quantitative estimate of drug-likeness (QED) is 0.485. The first-order valence-electron chi connectivity index (χ1n) is 9.44. The normalized spacial score (nSPS) is 14.3. The number of fused-ring (bicyclic) bond motifs is 1. The lowest BCUT2D eigenvalue weighted by molar-refractivity contribution is 0.101. The number of thiazole rings is 1. The molecule has 11 heteroatoms. The number of hydrogen-bond donors (Lipinski definition) is 1. The molecule has 32 heavy (non-hydrogen) atoms. The molecule has 0 saturated heterocycles. The number of amides is 1. The van der Waals surface area contributed by atoms with Crippen molar-refractivity contribution < 1.29 is 22.0 Å². The van der Waals surface area contributed by atoms with E-state index in [1.807, 2.05) is 0 Å². The largest absolute Gasteiger partial charge is 0.309 e. The van der Waals surface area contributed by atoms with Gasteiger partial charge in [-0.05, 0) is 48.5 Å². The molecule has 0 atom stereocenters. The summed E-state index contributed by atoms with van der Waals surface area (Å²) in [5.41, 5.74) is 1.87. The minimum Gasteiger partial charge on any atom is -0.309 e. The Kier molecular flexibility index (Phi) is 4.86. The predicted octanol–water partition coefficient (Wildman–Crippen LogP) is 3.99. The molecule has 0 fully saturated rings. The van der Waals surface area contributed by atoms with Gasteiger partial charge in [0.15, 0.2) is 5.13 Å². The number of sulfone groups is 1. The van der Waals surface area contributed by atoms with Crippen molar-refractivity contribution in [1.29, 1.82) is 0 Å². The molecular weight excluding hydrogens is 458 g/mol. The van der Waals surface area contributed by atoms with Crippen LogP contribution in [0.3, 0.4) is 0 Å². The Morgan fingerprint density at radius 2 is 1.59 bits per heavy atom. The van der Waals surface area contributed by atoms with Crippen LogP contribution in [-0.4, -0.2) is 34.6 Å². The summed E-state index contributed by atoms with van der Waals surface area (Å²) in [6.07, 6.45) is 0. The lowest BCUT2D eigenvalue weighted by atomic mass is 10.1. The SMILES string of the molecule is O=C(Nc1nc(-c2ccc(F)cc2)cs1)c1c(-c2ccc(F)cc2)nc2n1CCS2(=O)=O. The number of imidazole rings is 1. The maximum absolute atomic E-state index is 13.4. The monoisotopic (exact) mass is 472 g/mol. The van der Waals surface area contributed by atoms with Gasteiger partial charge in [0, 0.05) is 23.1 Å². The van der Waals surface area contributed by atoms with E-state index < -0.39 is 21.6 Å². The third-order valence-corrected chi connectivity index (χ3v) is 7.34. The van der Waals surface area contributed by atoms with Crippen LogP contribution >= 0.6 is 11.3 Å². The second kappa shape index (κ2) is 7.61. The molecule has 1 amide bonds. The molecule has 0 radical (unpaired) electrons. The minimum absolute atomic E-state index is 0.0613. The van der Waals surface area contributed by atoms with E-state index in [-0.39, 0.29) is 39.8 Å². The molecule has 7 nitrogen and oxygen atoms in total. The van der Waals surface area contributed by atoms with Crippen molar-refractivity contribution in [3.05, 3.63) is 71.2 Å². The van der Waals surface area contributed by atoms with Crippen LogP contribution in [0.5, 0.6) is 0 Å². The van der Waals surface area contributed by atoms with Gasteiger partial charge < -0.3 is 4.57 Å². The van der Waals surface area contributed by atoms with E-state index in [4.69, 9.17) is 0 Å². The molecule has 1 aliphatic rings. The lowest BCUT2D eigenvalue weighted by Crippen LogP contribution is -2.17. The summed E-state index contributed by atoms with van der Waals surface area (Å²) < 4.78 is 52.6. The van der Waals surface area contributed by atoms with Gasteiger partial charge in [0.25, 0.3) is 5.91 Å². The third-order valence-electron chi connectivity index (χ3n) is 4.99. The number of carbonyl (C=O) groups is 1. The summed E-state index contributed by atoms with van der Waals surface area (Å²) in [5, 5.41) is 4.51. The summed E-state index contributed by atoms with van der Waals surface area (Å²) >= 11 is 1.18. The van der Waals surface area contributed by atoms with Crippen LogP contribution in [0.1, 0.15) is 10.5 Å². The first-order chi connectivity index (χ1) is 15.3. The number of aromatic nitrogens is 3. The zero-order valence-corrected chi connectivity index (χ0v) is 17.9. The molecule has 0 spiro atoms. The topological polar surface area (TPSA) is 93.9 Å². The van der Waals surface area contributed by atoms with Gasteiger partial charge >= 0.3 is 0 Å². The zero-order valence-electron chi connectivity index (χ0n) is 16.2. The van der Waals surface area contributed by atoms with Gasteiger partial charge in [0.1, 0.15) is 23.0 Å². The van der Waals surface area contributed by atoms with E-state index in [2.05, 4.69) is 15.3 Å². The highest BCUT2D eigenvalue weighted by molar-refractivity contribution is 7.91. The Morgan fingerprint density at radius 3 is 2.25 bits per heavy atom. The van der Waals surface area contributed by atoms with Crippen molar-refractivity contribution >= 4 is 32.2 Å². The molecule has 0 bridgehead atoms. The van der Waals surface area contributed by atoms with Crippen molar-refractivity contribution in [3.8, 4) is 22.5 Å². The Hall–Kier alpha value is -3.44. The van der Waals surface area contributed by atoms with Crippen molar-refractivity contribution in [2.45, 2.75) is 11.7 Å². The summed E-state index contributed by atoms with van der Waals surface area (Å²) in [6, 6.07) is 11.1. The Morgan fingerprint density at radius 1 is 0.969 bits per heavy atom. The fourth-order valence-corrected chi connectivity index (χ4v) is 5.53. The number of carbonyl (C=O) groups excluding carboxylic acids is 1. The van der Waals surface area contributed by atoms with Gasteiger partial charge in [-0.15, -0.1) is 11.3 Å². The maximum Gasteiger partial charge on any atom is 0.276 e. The number of hydrogen-bond acceptors (Lipinski definition) is 6. The first kappa shape index (κ1) is 20.5. The summed E-state index contributed by atoms with van der Waals surface area (Å²) in [5.74, 6) is -1.56. The summed E-state index contributed by atoms with van der Waals surface area (Å²) in [6.45, 7) is 0.0906. The molecule has 2 aromatic heterocycles. The van der Waals surface area contributed by atoms with Crippen molar-refractivity contribution in [1.82, 2.24) is 14.5 Å². The zero-order chi connectivity index (χ0) is 22.5. The van der Waals surface area contributed by atoms with E-state index in [0.29, 0.717) is 16.8 Å². The average molecular weight is 472 g/mol. The lowest BCUT2D eigenvalue weighted by Gasteiger charge is -2.07. The van der Waals surface area contributed by atoms with Gasteiger partial charge in [-0.25, -0.2) is 27.2 Å². The second-order valence-corrected chi connectivity index (χ2v) is 9.93. The fraction of sp³-hybridized carbons (Fsp3) is 0.0952. The first-order valence-corrected chi connectivity index (χ1v) is 12.0. The number of anilines is 1. The molecule has 3 heterocycles. The molecule has 1 aliphatic heterocycles. The highest BCUT2D eigenvalue weighted by Gasteiger charge is 2.35. The molecule has 1 N–H and O–H groups in total. The fourth-order valence-electron chi connectivity index (χ4n) is 3.46. The number of benzene rings is 2. The van der Waals surface area contributed by atoms with Crippen LogP contribution in [-0.2, 0) is 16.4 Å². The second-order valence-electron chi connectivity index (χ2n) is 7.07. The van der Waals surface area contributed by atoms with E-state index in [9.17, 15) is 22.0 Å². The number of nitrogens with zero attached hydrogens (tertiary/aromatic N) is 3. The van der Waals surface area contributed by atoms with Crippen LogP contribution in [0.4, 0.5) is 13.9 Å². The van der Waals surface area contributed by atoms with Crippen LogP contribution in [0.15, 0.2) is 59.1 Å². The van der Waals surface area contributed by atoms with Gasteiger partial charge in [0.05, 0.1) is 11.4 Å². The molecule has 2 aromatic carbocycles. The predicted molar refractivity (Wildman–Crippen MR) is 115 cm³/mol. The molecule has 4 aromatic rings. The van der Waals surface area contributed by atoms with Crippen molar-refractivity contribution in [3.63, 3.8) is 0 Å². The van der Waals surface area contributed by atoms with E-state index >= 15 is 0 Å². The van der Waals surface area contributed by atoms with Gasteiger partial charge in [-0.1, -0.05) is 0 Å². The van der Waals surface area contributed by atoms with E-state index in [0.717, 1.165) is 0 Å². The summed E-state index contributed by atoms with van der Waals surface area (Å²) in [7, 11) is -3.61. The maximum atomic E-state index is 13.4. The Balaban J connectivity index is 1.51. The van der Waals surface area contributed by atoms with Crippen LogP contribution in [0.2, 0.25) is 0 Å². The number of nitrogens with one attached hydrogen (secondary N) is 1. The van der Waals surface area contributed by atoms with Crippen LogP contribution < -0.4 is 5.32 Å². The van der Waals surface area contributed by atoms with E-state index in [1.165, 1.54) is 52.3 Å². The molecule has 0 aliphatic carbocycles. The molecule has 162 valence electrons. The van der Waals surface area contributed by atoms with Gasteiger partial charge in [-0.2, -0.15) is 0 Å². The van der Waals surface area contributed by atoms with E-state index in [1.54, 1.807) is 17.5 Å². The summed E-state index contributed by atoms with van der Waals surface area (Å²) in [4.78, 5) is 21.7. The van der Waals surface area contributed by atoms with Crippen LogP contribution in [0, 0.1) is 11.6 Å². The van der Waals surface area contributed by atoms with Crippen molar-refractivity contribution in [2.75, 3.05) is 11.1 Å². The van der Waals surface area contributed by atoms with Gasteiger partial charge in [-0.3, -0.25) is 10.1 Å². The number of rotatable bonds is 4. The molecular formula is C21H14F2N4O3S2. The van der Waals surface area contributed by atoms with Crippen LogP contribution in [0.25, 0.3) is 22.5 Å². The molecule has 0 saturated carbocycles.